The Balaban J connectivity index is 1.94. The van der Waals surface area contributed by atoms with E-state index in [0.717, 1.165) is 38.5 Å². The van der Waals surface area contributed by atoms with Gasteiger partial charge < -0.3 is 24.4 Å². The van der Waals surface area contributed by atoms with Gasteiger partial charge in [-0.15, -0.1) is 6.58 Å². The molecule has 3 rings (SSSR count). The lowest BCUT2D eigenvalue weighted by atomic mass is 9.70. The van der Waals surface area contributed by atoms with Crippen molar-refractivity contribution in [3.05, 3.63) is 12.7 Å². The number of nitrogens with zero attached hydrogens (tertiary/aromatic N) is 2. The Morgan fingerprint density at radius 2 is 2.06 bits per heavy atom. The van der Waals surface area contributed by atoms with Crippen molar-refractivity contribution in [3.63, 3.8) is 0 Å². The number of likely N-dealkylation sites (tertiary alicyclic amines) is 1. The summed E-state index contributed by atoms with van der Waals surface area (Å²) in [4.78, 5) is 44.3. The van der Waals surface area contributed by atoms with Crippen molar-refractivity contribution < 1.29 is 29.0 Å². The summed E-state index contributed by atoms with van der Waals surface area (Å²) in [7, 11) is 0. The van der Waals surface area contributed by atoms with E-state index in [1.165, 1.54) is 0 Å². The van der Waals surface area contributed by atoms with Crippen molar-refractivity contribution in [3.8, 4) is 0 Å². The fourth-order valence-electron chi connectivity index (χ4n) is 6.28. The maximum Gasteiger partial charge on any atom is 0.312 e. The fourth-order valence-corrected chi connectivity index (χ4v) is 6.28. The fraction of sp³-hybridized carbons (Fsp3) is 0.808. The summed E-state index contributed by atoms with van der Waals surface area (Å²) in [6.07, 6.45) is 7.56. The van der Waals surface area contributed by atoms with Crippen LogP contribution in [0.25, 0.3) is 0 Å². The lowest BCUT2D eigenvalue weighted by Crippen LogP contribution is -2.57. The van der Waals surface area contributed by atoms with Gasteiger partial charge in [-0.1, -0.05) is 32.3 Å². The summed E-state index contributed by atoms with van der Waals surface area (Å²) in [5, 5.41) is 9.06. The molecule has 0 aliphatic carbocycles. The predicted octanol–water partition coefficient (Wildman–Crippen LogP) is 2.68. The average Bonchev–Trinajstić information content (AvgIpc) is 3.45. The van der Waals surface area contributed by atoms with E-state index in [1.807, 2.05) is 11.8 Å². The molecule has 2 bridgehead atoms. The van der Waals surface area contributed by atoms with Gasteiger partial charge in [-0.2, -0.15) is 0 Å². The quantitative estimate of drug-likeness (QED) is 0.234. The minimum Gasteiger partial charge on any atom is -0.466 e. The Bertz CT molecular complexity index is 758. The molecule has 0 saturated carbocycles. The van der Waals surface area contributed by atoms with E-state index in [-0.39, 0.29) is 37.2 Å². The lowest BCUT2D eigenvalue weighted by Gasteiger charge is -2.39. The van der Waals surface area contributed by atoms with Crippen LogP contribution in [0.4, 0.5) is 0 Å². The number of hydrogen-bond donors (Lipinski definition) is 1. The maximum absolute atomic E-state index is 14.1. The third-order valence-electron chi connectivity index (χ3n) is 7.75. The van der Waals surface area contributed by atoms with Crippen LogP contribution in [0.2, 0.25) is 0 Å². The molecule has 3 saturated heterocycles. The van der Waals surface area contributed by atoms with Gasteiger partial charge in [0.25, 0.3) is 0 Å². The van der Waals surface area contributed by atoms with Crippen LogP contribution >= 0.6 is 0 Å². The molecule has 0 radical (unpaired) electrons. The van der Waals surface area contributed by atoms with Crippen LogP contribution in [-0.4, -0.2) is 82.8 Å². The molecule has 0 aromatic rings. The van der Waals surface area contributed by atoms with E-state index in [4.69, 9.17) is 14.6 Å². The highest BCUT2D eigenvalue weighted by atomic mass is 16.6. The Labute approximate surface area is 203 Å². The third kappa shape index (κ3) is 4.76. The second-order valence-electron chi connectivity index (χ2n) is 9.89. The zero-order chi connectivity index (χ0) is 24.9. The summed E-state index contributed by atoms with van der Waals surface area (Å²) < 4.78 is 11.8. The minimum atomic E-state index is -0.979. The SMILES string of the molecule is C=CCN(C(=O)[C@@H]1N(CCCCCCO)C(=O)[C@H]2[C@H](C(=O)OCC)[C@@H]3CC[C@]12O3)C(C)CCC. The van der Waals surface area contributed by atoms with Crippen molar-refractivity contribution in [1.82, 2.24) is 9.80 Å². The number of ether oxygens (including phenoxy) is 2. The Hall–Kier alpha value is -1.93. The van der Waals surface area contributed by atoms with Crippen LogP contribution in [0, 0.1) is 11.8 Å². The van der Waals surface area contributed by atoms with Gasteiger partial charge in [-0.3, -0.25) is 14.4 Å². The van der Waals surface area contributed by atoms with Crippen molar-refractivity contribution in [2.24, 2.45) is 11.8 Å². The highest BCUT2D eigenvalue weighted by Gasteiger charge is 2.75. The van der Waals surface area contributed by atoms with Gasteiger partial charge in [0.1, 0.15) is 11.6 Å². The molecule has 3 aliphatic heterocycles. The number of carbonyl (C=O) groups excluding carboxylic acids is 3. The van der Waals surface area contributed by atoms with Gasteiger partial charge in [0.15, 0.2) is 0 Å². The number of fused-ring (bicyclic) bond motifs is 1. The molecule has 1 N–H and O–H groups in total. The van der Waals surface area contributed by atoms with E-state index in [2.05, 4.69) is 13.5 Å². The molecule has 3 fully saturated rings. The van der Waals surface area contributed by atoms with Gasteiger partial charge in [-0.25, -0.2) is 0 Å². The normalized spacial score (nSPS) is 30.4. The third-order valence-corrected chi connectivity index (χ3v) is 7.75. The Kier molecular flexibility index (Phi) is 9.15. The van der Waals surface area contributed by atoms with Crippen LogP contribution in [-0.2, 0) is 23.9 Å². The number of hydrogen-bond acceptors (Lipinski definition) is 6. The summed E-state index contributed by atoms with van der Waals surface area (Å²) in [6, 6.07) is -0.738. The highest BCUT2D eigenvalue weighted by Crippen LogP contribution is 2.58. The van der Waals surface area contributed by atoms with E-state index >= 15 is 0 Å². The summed E-state index contributed by atoms with van der Waals surface area (Å²) >= 11 is 0. The van der Waals surface area contributed by atoms with Gasteiger partial charge in [0, 0.05) is 25.7 Å². The molecule has 192 valence electrons. The molecule has 8 heteroatoms. The van der Waals surface area contributed by atoms with E-state index in [9.17, 15) is 14.4 Å². The van der Waals surface area contributed by atoms with Crippen LogP contribution in [0.3, 0.4) is 0 Å². The summed E-state index contributed by atoms with van der Waals surface area (Å²) in [6.45, 7) is 11.0. The summed E-state index contributed by atoms with van der Waals surface area (Å²) in [5.41, 5.74) is -0.979. The van der Waals surface area contributed by atoms with Gasteiger partial charge in [0.05, 0.1) is 24.5 Å². The number of carbonyl (C=O) groups is 3. The topological polar surface area (TPSA) is 96.4 Å². The number of esters is 1. The molecule has 0 aromatic heterocycles. The molecule has 2 amide bonds. The largest absolute Gasteiger partial charge is 0.466 e. The minimum absolute atomic E-state index is 0.00640. The first-order chi connectivity index (χ1) is 16.4. The van der Waals surface area contributed by atoms with Crippen LogP contribution < -0.4 is 0 Å². The van der Waals surface area contributed by atoms with Crippen molar-refractivity contribution in [2.45, 2.75) is 95.9 Å². The smallest absolute Gasteiger partial charge is 0.312 e. The van der Waals surface area contributed by atoms with Crippen LogP contribution in [0.1, 0.15) is 72.1 Å². The molecular formula is C26H42N2O6. The maximum atomic E-state index is 14.1. The zero-order valence-corrected chi connectivity index (χ0v) is 21.0. The highest BCUT2D eigenvalue weighted by molar-refractivity contribution is 5.98. The molecule has 34 heavy (non-hydrogen) atoms. The van der Waals surface area contributed by atoms with E-state index in [1.54, 1.807) is 17.9 Å². The number of amides is 2. The zero-order valence-electron chi connectivity index (χ0n) is 21.0. The van der Waals surface area contributed by atoms with E-state index < -0.39 is 29.4 Å². The van der Waals surface area contributed by atoms with Gasteiger partial charge >= 0.3 is 5.97 Å². The molecule has 1 unspecified atom stereocenters. The Morgan fingerprint density at radius 3 is 2.71 bits per heavy atom. The predicted molar refractivity (Wildman–Crippen MR) is 128 cm³/mol. The van der Waals surface area contributed by atoms with Gasteiger partial charge in [-0.05, 0) is 46.0 Å². The second kappa shape index (κ2) is 11.7. The summed E-state index contributed by atoms with van der Waals surface area (Å²) in [5.74, 6) is -2.01. The lowest BCUT2D eigenvalue weighted by molar-refractivity contribution is -0.155. The van der Waals surface area contributed by atoms with Crippen LogP contribution in [0.15, 0.2) is 12.7 Å². The molecule has 6 atom stereocenters. The first-order valence-electron chi connectivity index (χ1n) is 13.0. The molecule has 8 nitrogen and oxygen atoms in total. The molecule has 3 heterocycles. The number of rotatable bonds is 14. The number of unbranched alkanes of at least 4 members (excludes halogenated alkanes) is 3. The molecule has 3 aliphatic rings. The number of aliphatic hydroxyl groups excluding tert-OH is 1. The first-order valence-corrected chi connectivity index (χ1v) is 13.0. The van der Waals surface area contributed by atoms with Crippen molar-refractivity contribution in [1.29, 1.82) is 0 Å². The Morgan fingerprint density at radius 1 is 1.32 bits per heavy atom. The van der Waals surface area contributed by atoms with E-state index in [0.29, 0.717) is 25.9 Å². The average molecular weight is 479 g/mol. The van der Waals surface area contributed by atoms with Crippen molar-refractivity contribution >= 4 is 17.8 Å². The molecule has 1 spiro atoms. The number of aliphatic hydroxyl groups is 1. The molecular weight excluding hydrogens is 436 g/mol. The molecule has 0 aromatic carbocycles. The van der Waals surface area contributed by atoms with Crippen molar-refractivity contribution in [2.75, 3.05) is 26.3 Å². The van der Waals surface area contributed by atoms with Gasteiger partial charge in [0.2, 0.25) is 11.8 Å². The first kappa shape index (κ1) is 26.7. The second-order valence-corrected chi connectivity index (χ2v) is 9.89. The monoisotopic (exact) mass is 478 g/mol. The standard InChI is InChI=1S/C26H42N2O6/c1-5-12-18(4)27(15-6-2)24(31)22-26-14-13-19(34-26)20(25(32)33-7-3)21(26)23(30)28(22)16-10-8-9-11-17-29/h6,18-22,29H,2,5,7-17H2,1,3-4H3/t18?,19-,20+,21+,22-,26+/m0/s1. The van der Waals surface area contributed by atoms with Crippen LogP contribution in [0.5, 0.6) is 0 Å².